The summed E-state index contributed by atoms with van der Waals surface area (Å²) < 4.78 is 1.24. The molecule has 2 rings (SSSR count). The molecule has 0 bridgehead atoms. The maximum Gasteiger partial charge on any atom is 0.303 e. The lowest BCUT2D eigenvalue weighted by atomic mass is 9.92. The number of carboxylic acid groups (broad SMARTS) is 1. The fourth-order valence-corrected chi connectivity index (χ4v) is 2.61. The van der Waals surface area contributed by atoms with Crippen LogP contribution in [-0.4, -0.2) is 29.1 Å². The molecule has 92 valence electrons. The maximum absolute atomic E-state index is 10.6. The van der Waals surface area contributed by atoms with Crippen molar-refractivity contribution in [3.05, 3.63) is 33.4 Å². The molecule has 0 radical (unpaired) electrons. The summed E-state index contributed by atoms with van der Waals surface area (Å²) in [5, 5.41) is 8.70. The number of benzene rings is 1. The Bertz CT molecular complexity index is 398. The van der Waals surface area contributed by atoms with Crippen LogP contribution < -0.4 is 0 Å². The molecule has 1 aromatic rings. The standard InChI is InChI=1S/C13H16INO2/c1-9(11-2-4-12(14)5-3-11)15-7-10(8-15)6-13(16)17/h2-5,9-10H,6-8H2,1H3,(H,16,17). The zero-order chi connectivity index (χ0) is 12.4. The summed E-state index contributed by atoms with van der Waals surface area (Å²) in [6, 6.07) is 8.91. The zero-order valence-corrected chi connectivity index (χ0v) is 11.9. The van der Waals surface area contributed by atoms with E-state index < -0.39 is 5.97 Å². The van der Waals surface area contributed by atoms with Gasteiger partial charge >= 0.3 is 5.97 Å². The van der Waals surface area contributed by atoms with Crippen LogP contribution in [-0.2, 0) is 4.79 Å². The lowest BCUT2D eigenvalue weighted by molar-refractivity contribution is -0.139. The van der Waals surface area contributed by atoms with Crippen molar-refractivity contribution >= 4 is 28.6 Å². The van der Waals surface area contributed by atoms with E-state index in [0.717, 1.165) is 13.1 Å². The second-order valence-corrected chi connectivity index (χ2v) is 5.89. The highest BCUT2D eigenvalue weighted by atomic mass is 127. The van der Waals surface area contributed by atoms with Crippen LogP contribution in [0.5, 0.6) is 0 Å². The minimum absolute atomic E-state index is 0.301. The van der Waals surface area contributed by atoms with E-state index in [0.29, 0.717) is 18.4 Å². The quantitative estimate of drug-likeness (QED) is 0.854. The molecule has 1 heterocycles. The van der Waals surface area contributed by atoms with Crippen LogP contribution in [0.15, 0.2) is 24.3 Å². The van der Waals surface area contributed by atoms with Gasteiger partial charge in [-0.1, -0.05) is 12.1 Å². The predicted molar refractivity (Wildman–Crippen MR) is 74.9 cm³/mol. The van der Waals surface area contributed by atoms with Crippen molar-refractivity contribution in [2.24, 2.45) is 5.92 Å². The summed E-state index contributed by atoms with van der Waals surface area (Å²) in [4.78, 5) is 12.9. The number of nitrogens with zero attached hydrogens (tertiary/aromatic N) is 1. The second-order valence-electron chi connectivity index (χ2n) is 4.65. The van der Waals surface area contributed by atoms with Crippen molar-refractivity contribution in [2.75, 3.05) is 13.1 Å². The van der Waals surface area contributed by atoms with Gasteiger partial charge in [-0.25, -0.2) is 0 Å². The number of likely N-dealkylation sites (tertiary alicyclic amines) is 1. The lowest BCUT2D eigenvalue weighted by Gasteiger charge is -2.42. The summed E-state index contributed by atoms with van der Waals surface area (Å²) in [7, 11) is 0. The molecule has 1 aliphatic rings. The predicted octanol–water partition coefficient (Wildman–Crippen LogP) is 2.76. The Kier molecular flexibility index (Phi) is 4.04. The Morgan fingerprint density at radius 2 is 2.06 bits per heavy atom. The molecule has 0 aromatic heterocycles. The maximum atomic E-state index is 10.6. The summed E-state index contributed by atoms with van der Waals surface area (Å²) in [5.41, 5.74) is 1.30. The molecular formula is C13H16INO2. The van der Waals surface area contributed by atoms with Gasteiger partial charge in [-0.05, 0) is 53.1 Å². The summed E-state index contributed by atoms with van der Waals surface area (Å²) in [6.45, 7) is 3.98. The fourth-order valence-electron chi connectivity index (χ4n) is 2.25. The molecule has 1 unspecified atom stereocenters. The van der Waals surface area contributed by atoms with E-state index in [2.05, 4.69) is 58.7 Å². The van der Waals surface area contributed by atoms with E-state index >= 15 is 0 Å². The van der Waals surface area contributed by atoms with Crippen molar-refractivity contribution < 1.29 is 9.90 Å². The van der Waals surface area contributed by atoms with E-state index in [9.17, 15) is 4.79 Å². The fraction of sp³-hybridized carbons (Fsp3) is 0.462. The highest BCUT2D eigenvalue weighted by Gasteiger charge is 2.31. The Morgan fingerprint density at radius 3 is 2.59 bits per heavy atom. The van der Waals surface area contributed by atoms with Gasteiger partial charge in [0.25, 0.3) is 0 Å². The smallest absolute Gasteiger partial charge is 0.303 e. The molecule has 17 heavy (non-hydrogen) atoms. The summed E-state index contributed by atoms with van der Waals surface area (Å²) in [6.07, 6.45) is 0.301. The number of rotatable bonds is 4. The molecule has 1 atom stereocenters. The van der Waals surface area contributed by atoms with Gasteiger partial charge in [-0.2, -0.15) is 0 Å². The topological polar surface area (TPSA) is 40.5 Å². The zero-order valence-electron chi connectivity index (χ0n) is 9.77. The lowest BCUT2D eigenvalue weighted by Crippen LogP contribution is -2.48. The third-order valence-corrected chi connectivity index (χ3v) is 4.07. The van der Waals surface area contributed by atoms with Crippen LogP contribution >= 0.6 is 22.6 Å². The van der Waals surface area contributed by atoms with Crippen molar-refractivity contribution in [3.8, 4) is 0 Å². The molecule has 1 N–H and O–H groups in total. The number of aliphatic carboxylic acids is 1. The molecule has 0 saturated carbocycles. The first-order valence-electron chi connectivity index (χ1n) is 5.77. The average Bonchev–Trinajstić information content (AvgIpc) is 2.23. The Labute approximate surface area is 115 Å². The van der Waals surface area contributed by atoms with Crippen LogP contribution in [0, 0.1) is 9.49 Å². The Balaban J connectivity index is 1.88. The molecule has 4 heteroatoms. The van der Waals surface area contributed by atoms with E-state index in [1.165, 1.54) is 9.13 Å². The van der Waals surface area contributed by atoms with Gasteiger partial charge in [0.2, 0.25) is 0 Å². The van der Waals surface area contributed by atoms with Gasteiger partial charge in [-0.3, -0.25) is 9.69 Å². The third-order valence-electron chi connectivity index (χ3n) is 3.35. The van der Waals surface area contributed by atoms with Gasteiger partial charge in [-0.15, -0.1) is 0 Å². The summed E-state index contributed by atoms with van der Waals surface area (Å²) >= 11 is 2.30. The molecular weight excluding hydrogens is 329 g/mol. The van der Waals surface area contributed by atoms with E-state index in [-0.39, 0.29) is 0 Å². The molecule has 3 nitrogen and oxygen atoms in total. The van der Waals surface area contributed by atoms with Crippen molar-refractivity contribution in [3.63, 3.8) is 0 Å². The highest BCUT2D eigenvalue weighted by molar-refractivity contribution is 14.1. The van der Waals surface area contributed by atoms with E-state index in [1.807, 2.05) is 0 Å². The summed E-state index contributed by atoms with van der Waals surface area (Å²) in [5.74, 6) is -0.352. The molecule has 0 amide bonds. The number of halogens is 1. The monoisotopic (exact) mass is 345 g/mol. The largest absolute Gasteiger partial charge is 0.481 e. The first-order valence-corrected chi connectivity index (χ1v) is 6.85. The Morgan fingerprint density at radius 1 is 1.47 bits per heavy atom. The van der Waals surface area contributed by atoms with Crippen molar-refractivity contribution in [2.45, 2.75) is 19.4 Å². The van der Waals surface area contributed by atoms with Crippen molar-refractivity contribution in [1.29, 1.82) is 0 Å². The van der Waals surface area contributed by atoms with E-state index in [4.69, 9.17) is 5.11 Å². The van der Waals surface area contributed by atoms with Crippen LogP contribution in [0.1, 0.15) is 24.9 Å². The van der Waals surface area contributed by atoms with Crippen LogP contribution in [0.2, 0.25) is 0 Å². The number of carboxylic acids is 1. The first kappa shape index (κ1) is 12.8. The van der Waals surface area contributed by atoms with Gasteiger partial charge in [0.1, 0.15) is 0 Å². The minimum atomic E-state index is -0.684. The third kappa shape index (κ3) is 3.19. The van der Waals surface area contributed by atoms with Crippen molar-refractivity contribution in [1.82, 2.24) is 4.90 Å². The van der Waals surface area contributed by atoms with Gasteiger partial charge in [0.15, 0.2) is 0 Å². The van der Waals surface area contributed by atoms with Gasteiger partial charge in [0, 0.05) is 22.7 Å². The number of hydrogen-bond donors (Lipinski definition) is 1. The van der Waals surface area contributed by atoms with Gasteiger partial charge in [0.05, 0.1) is 6.42 Å². The van der Waals surface area contributed by atoms with Crippen LogP contribution in [0.3, 0.4) is 0 Å². The normalized spacial score (nSPS) is 18.7. The SMILES string of the molecule is CC(c1ccc(I)cc1)N1CC(CC(=O)O)C1. The number of hydrogen-bond acceptors (Lipinski definition) is 2. The van der Waals surface area contributed by atoms with Crippen LogP contribution in [0.4, 0.5) is 0 Å². The minimum Gasteiger partial charge on any atom is -0.481 e. The second kappa shape index (κ2) is 5.35. The van der Waals surface area contributed by atoms with Crippen LogP contribution in [0.25, 0.3) is 0 Å². The highest BCUT2D eigenvalue weighted by Crippen LogP contribution is 2.30. The Hall–Kier alpha value is -0.620. The molecule has 1 fully saturated rings. The average molecular weight is 345 g/mol. The molecule has 0 aliphatic carbocycles. The molecule has 0 spiro atoms. The molecule has 1 aliphatic heterocycles. The van der Waals surface area contributed by atoms with E-state index in [1.54, 1.807) is 0 Å². The first-order chi connectivity index (χ1) is 8.06. The van der Waals surface area contributed by atoms with Gasteiger partial charge < -0.3 is 5.11 Å². The number of carbonyl (C=O) groups is 1. The molecule has 1 aromatic carbocycles. The molecule has 1 saturated heterocycles.